The molecule has 1 heterocycles. The summed E-state index contributed by atoms with van der Waals surface area (Å²) in [5.74, 6) is 0.547. The van der Waals surface area contributed by atoms with Gasteiger partial charge in [-0.2, -0.15) is 0 Å². The summed E-state index contributed by atoms with van der Waals surface area (Å²) in [6.45, 7) is 10.0. The van der Waals surface area contributed by atoms with E-state index in [2.05, 4.69) is 49.9 Å². The van der Waals surface area contributed by atoms with E-state index in [1.807, 2.05) is 31.3 Å². The van der Waals surface area contributed by atoms with Crippen LogP contribution in [0.5, 0.6) is 0 Å². The molecule has 0 spiro atoms. The number of nitrogens with zero attached hydrogens (tertiary/aromatic N) is 2. The van der Waals surface area contributed by atoms with Crippen LogP contribution in [-0.4, -0.2) is 27.0 Å². The zero-order chi connectivity index (χ0) is 33.5. The molecule has 1 fully saturated rings. The van der Waals surface area contributed by atoms with Crippen LogP contribution >= 0.6 is 0 Å². The number of aliphatic hydroxyl groups excluding tert-OH is 1. The van der Waals surface area contributed by atoms with Crippen LogP contribution in [0.4, 0.5) is 0 Å². The lowest BCUT2D eigenvalue weighted by Crippen LogP contribution is -2.26. The molecule has 3 aliphatic rings. The van der Waals surface area contributed by atoms with Crippen LogP contribution in [0.25, 0.3) is 18.2 Å². The Balaban J connectivity index is 1.42. The van der Waals surface area contributed by atoms with Crippen LogP contribution < -0.4 is 21.4 Å². The molecule has 1 aromatic carbocycles. The molecule has 47 heavy (non-hydrogen) atoms. The predicted molar refractivity (Wildman–Crippen MR) is 186 cm³/mol. The van der Waals surface area contributed by atoms with Crippen LogP contribution in [0.2, 0.25) is 0 Å². The first-order valence-electron chi connectivity index (χ1n) is 16.6. The van der Waals surface area contributed by atoms with Crippen molar-refractivity contribution in [3.63, 3.8) is 0 Å². The number of benzene rings is 1. The smallest absolute Gasteiger partial charge is 0.267 e. The van der Waals surface area contributed by atoms with Gasteiger partial charge in [0.15, 0.2) is 11.3 Å². The van der Waals surface area contributed by atoms with Gasteiger partial charge in [-0.15, -0.1) is 0 Å². The fourth-order valence-electron chi connectivity index (χ4n) is 7.22. The lowest BCUT2D eigenvalue weighted by Gasteiger charge is -2.26. The van der Waals surface area contributed by atoms with Gasteiger partial charge in [0.25, 0.3) is 5.91 Å². The van der Waals surface area contributed by atoms with Crippen molar-refractivity contribution in [3.8, 4) is 0 Å². The Bertz CT molecular complexity index is 1870. The first-order valence-corrected chi connectivity index (χ1v) is 16.6. The molecular formula is C40H45N3O4. The summed E-state index contributed by atoms with van der Waals surface area (Å²) < 4.78 is 0. The maximum absolute atomic E-state index is 12.7. The van der Waals surface area contributed by atoms with Crippen molar-refractivity contribution in [2.75, 3.05) is 0 Å². The number of aromatic nitrogens is 1. The molecular weight excluding hydrogens is 586 g/mol. The van der Waals surface area contributed by atoms with Crippen molar-refractivity contribution in [2.24, 2.45) is 16.8 Å². The van der Waals surface area contributed by atoms with Crippen LogP contribution in [0.3, 0.4) is 0 Å². The minimum Gasteiger partial charge on any atom is -0.512 e. The SMILES string of the molecule is C=c1cc2c(cnc1=NC1=CCC=C(C(C)Cc3ccc(/C=C/C(=O)NO)cc3)C=C1)=C(C)C(C(C)=O)=C(O)CCC2C1CCCC1. The number of Topliss-reactive ketones (excluding diaryl/α,β-unsaturated/α-hetero) is 1. The van der Waals surface area contributed by atoms with E-state index in [1.165, 1.54) is 49.8 Å². The Hall–Kier alpha value is -4.62. The molecule has 1 saturated carbocycles. The van der Waals surface area contributed by atoms with Crippen LogP contribution in [0.1, 0.15) is 88.3 Å². The van der Waals surface area contributed by atoms with E-state index in [9.17, 15) is 14.7 Å². The second-order valence-corrected chi connectivity index (χ2v) is 13.0. The molecule has 7 heteroatoms. The summed E-state index contributed by atoms with van der Waals surface area (Å²) in [4.78, 5) is 33.7. The summed E-state index contributed by atoms with van der Waals surface area (Å²) >= 11 is 0. The Morgan fingerprint density at radius 3 is 2.57 bits per heavy atom. The molecule has 0 aliphatic heterocycles. The largest absolute Gasteiger partial charge is 0.512 e. The fourth-order valence-corrected chi connectivity index (χ4v) is 7.22. The molecule has 0 saturated heterocycles. The minimum atomic E-state index is -0.564. The normalized spacial score (nSPS) is 19.9. The molecule has 3 aliphatic carbocycles. The van der Waals surface area contributed by atoms with Gasteiger partial charge in [-0.25, -0.2) is 15.5 Å². The van der Waals surface area contributed by atoms with Gasteiger partial charge in [0.2, 0.25) is 0 Å². The number of hydroxylamine groups is 1. The average Bonchev–Trinajstić information content (AvgIpc) is 3.41. The number of carbonyl (C=O) groups excluding carboxylic acids is 2. The van der Waals surface area contributed by atoms with Gasteiger partial charge >= 0.3 is 0 Å². The molecule has 2 unspecified atom stereocenters. The number of hydrogen-bond acceptors (Lipinski definition) is 6. The number of nitrogens with one attached hydrogen (secondary N) is 1. The number of ketones is 1. The van der Waals surface area contributed by atoms with Gasteiger partial charge in [-0.1, -0.05) is 68.8 Å². The fraction of sp³-hybridized carbons (Fsp3) is 0.350. The molecule has 2 aromatic rings. The quantitative estimate of drug-likeness (QED) is 0.183. The number of fused-ring (bicyclic) bond motifs is 1. The van der Waals surface area contributed by atoms with Crippen LogP contribution in [-0.2, 0) is 16.0 Å². The highest BCUT2D eigenvalue weighted by Gasteiger charge is 2.30. The van der Waals surface area contributed by atoms with Crippen molar-refractivity contribution in [3.05, 3.63) is 122 Å². The number of rotatable bonds is 8. The summed E-state index contributed by atoms with van der Waals surface area (Å²) in [5, 5.41) is 21.3. The number of allylic oxidation sites excluding steroid dienone is 7. The Kier molecular flexibility index (Phi) is 11.0. The van der Waals surface area contributed by atoms with Gasteiger partial charge in [0, 0.05) is 29.1 Å². The molecule has 0 radical (unpaired) electrons. The molecule has 5 rings (SSSR count). The van der Waals surface area contributed by atoms with Gasteiger partial charge in [-0.3, -0.25) is 14.8 Å². The molecule has 1 amide bonds. The Morgan fingerprint density at radius 1 is 1.13 bits per heavy atom. The highest BCUT2D eigenvalue weighted by Crippen LogP contribution is 2.40. The van der Waals surface area contributed by atoms with Gasteiger partial charge in [-0.05, 0) is 110 Å². The van der Waals surface area contributed by atoms with Crippen molar-refractivity contribution in [2.45, 2.75) is 78.1 Å². The zero-order valence-electron chi connectivity index (χ0n) is 27.6. The summed E-state index contributed by atoms with van der Waals surface area (Å²) in [6.07, 6.45) is 20.9. The van der Waals surface area contributed by atoms with Crippen molar-refractivity contribution in [1.82, 2.24) is 10.5 Å². The Labute approximate surface area is 276 Å². The maximum atomic E-state index is 12.7. The average molecular weight is 632 g/mol. The van der Waals surface area contributed by atoms with Crippen molar-refractivity contribution >= 4 is 29.9 Å². The molecule has 244 valence electrons. The third-order valence-corrected chi connectivity index (χ3v) is 9.71. The molecule has 0 bridgehead atoms. The zero-order valence-corrected chi connectivity index (χ0v) is 27.6. The third-order valence-electron chi connectivity index (χ3n) is 9.71. The summed E-state index contributed by atoms with van der Waals surface area (Å²) in [7, 11) is 0. The van der Waals surface area contributed by atoms with E-state index in [4.69, 9.17) is 15.2 Å². The van der Waals surface area contributed by atoms with Crippen molar-refractivity contribution in [1.29, 1.82) is 0 Å². The summed E-state index contributed by atoms with van der Waals surface area (Å²) in [6, 6.07) is 10.2. The van der Waals surface area contributed by atoms with Crippen molar-refractivity contribution < 1.29 is 19.9 Å². The van der Waals surface area contributed by atoms with Gasteiger partial charge < -0.3 is 5.11 Å². The minimum absolute atomic E-state index is 0.137. The van der Waals surface area contributed by atoms with E-state index in [0.29, 0.717) is 23.4 Å². The topological polar surface area (TPSA) is 112 Å². The van der Waals surface area contributed by atoms with E-state index < -0.39 is 5.91 Å². The Morgan fingerprint density at radius 2 is 1.87 bits per heavy atom. The first-order chi connectivity index (χ1) is 22.6. The lowest BCUT2D eigenvalue weighted by molar-refractivity contribution is -0.124. The summed E-state index contributed by atoms with van der Waals surface area (Å²) in [5.41, 5.74) is 8.57. The highest BCUT2D eigenvalue weighted by molar-refractivity contribution is 6.05. The molecule has 3 N–H and O–H groups in total. The molecule has 7 nitrogen and oxygen atoms in total. The second kappa shape index (κ2) is 15.3. The maximum Gasteiger partial charge on any atom is 0.267 e. The molecule has 2 atom stereocenters. The standard InChI is InChI=1S/C40H45N3O4/c1-25(22-30-14-12-29(13-15-30)16-21-38(46)43-47)31-10-7-11-33(18-17-31)42-40-26(2)23-35-34(32-8-5-6-9-32)19-20-37(45)39(28(4)44)27(3)36(35)24-41-40/h10-18,21,23-25,32,34,45,47H,2,5-9,19-20,22H2,1,3-4H3,(H,43,46)/b21-16+,36-27?,39-37?,42-40?. The predicted octanol–water partition coefficient (Wildman–Crippen LogP) is 6.20. The molecule has 1 aromatic heterocycles. The number of hydrogen-bond donors (Lipinski definition) is 3. The first kappa shape index (κ1) is 33.7. The number of amides is 1. The highest BCUT2D eigenvalue weighted by atomic mass is 16.5. The van der Waals surface area contributed by atoms with Crippen LogP contribution in [0.15, 0.2) is 94.5 Å². The van der Waals surface area contributed by atoms with E-state index in [1.54, 1.807) is 11.6 Å². The number of carbonyl (C=O) groups is 2. The number of aliphatic hydroxyl groups is 1. The monoisotopic (exact) mass is 631 g/mol. The van der Waals surface area contributed by atoms with E-state index in [-0.39, 0.29) is 23.4 Å². The lowest BCUT2D eigenvalue weighted by atomic mass is 9.78. The van der Waals surface area contributed by atoms with Gasteiger partial charge in [0.05, 0.1) is 11.3 Å². The van der Waals surface area contributed by atoms with E-state index in [0.717, 1.165) is 52.1 Å². The van der Waals surface area contributed by atoms with Crippen LogP contribution in [0, 0.1) is 11.8 Å². The van der Waals surface area contributed by atoms with Gasteiger partial charge in [0.1, 0.15) is 5.76 Å². The third kappa shape index (κ3) is 8.22. The van der Waals surface area contributed by atoms with E-state index >= 15 is 0 Å². The second-order valence-electron chi connectivity index (χ2n) is 13.0.